The second-order valence-corrected chi connectivity index (χ2v) is 7.48. The molecule has 0 heterocycles. The van der Waals surface area contributed by atoms with Gasteiger partial charge in [-0.3, -0.25) is 9.59 Å². The molecule has 2 aromatic carbocycles. The minimum Gasteiger partial charge on any atom is -0.490 e. The Labute approximate surface area is 184 Å². The lowest BCUT2D eigenvalue weighted by atomic mass is 10.2. The number of anilines is 1. The van der Waals surface area contributed by atoms with E-state index in [0.29, 0.717) is 23.8 Å². The van der Waals surface area contributed by atoms with Gasteiger partial charge in [-0.2, -0.15) is 5.10 Å². The predicted molar refractivity (Wildman–Crippen MR) is 122 cm³/mol. The Hall–Kier alpha value is -2.62. The van der Waals surface area contributed by atoms with Crippen LogP contribution < -0.4 is 20.2 Å². The van der Waals surface area contributed by atoms with Crippen molar-refractivity contribution in [3.8, 4) is 11.5 Å². The molecular weight excluding hydrogens is 485 g/mol. The van der Waals surface area contributed by atoms with Crippen molar-refractivity contribution in [2.45, 2.75) is 33.3 Å². The molecule has 8 heteroatoms. The van der Waals surface area contributed by atoms with Crippen molar-refractivity contribution in [2.24, 2.45) is 5.10 Å². The minimum absolute atomic E-state index is 0.0172. The molecule has 0 aliphatic rings. The Balaban J connectivity index is 1.96. The van der Waals surface area contributed by atoms with Crippen LogP contribution in [-0.4, -0.2) is 30.7 Å². The number of hydrogen-bond donors (Lipinski definition) is 2. The molecule has 0 unspecified atom stereocenters. The molecule has 2 rings (SSSR count). The molecule has 0 saturated heterocycles. The first-order valence-electron chi connectivity index (χ1n) is 9.18. The van der Waals surface area contributed by atoms with E-state index < -0.39 is 11.8 Å². The summed E-state index contributed by atoms with van der Waals surface area (Å²) in [7, 11) is 0. The fourth-order valence-corrected chi connectivity index (χ4v) is 3.12. The van der Waals surface area contributed by atoms with Crippen LogP contribution in [0.1, 0.15) is 32.8 Å². The van der Waals surface area contributed by atoms with Gasteiger partial charge in [0.15, 0.2) is 11.5 Å². The molecule has 2 amide bonds. The Bertz CT molecular complexity index is 870. The van der Waals surface area contributed by atoms with E-state index in [-0.39, 0.29) is 12.5 Å². The van der Waals surface area contributed by atoms with Crippen LogP contribution in [0.3, 0.4) is 0 Å². The lowest BCUT2D eigenvalue weighted by Gasteiger charge is -2.16. The highest BCUT2D eigenvalue weighted by Gasteiger charge is 2.13. The number of hydrogen-bond acceptors (Lipinski definition) is 5. The number of amides is 2. The first kappa shape index (κ1) is 22.7. The fraction of sp³-hybridized carbons (Fsp3) is 0.286. The summed E-state index contributed by atoms with van der Waals surface area (Å²) in [5, 5.41) is 6.58. The number of rotatable bonds is 9. The first-order valence-corrected chi connectivity index (χ1v) is 10.3. The van der Waals surface area contributed by atoms with Crippen LogP contribution in [0.2, 0.25) is 0 Å². The zero-order chi connectivity index (χ0) is 21.2. The molecule has 0 aliphatic carbocycles. The predicted octanol–water partition coefficient (Wildman–Crippen LogP) is 3.96. The topological polar surface area (TPSA) is 89.0 Å². The highest BCUT2D eigenvalue weighted by atomic mass is 127. The number of halogens is 1. The van der Waals surface area contributed by atoms with E-state index in [0.717, 1.165) is 9.13 Å². The maximum Gasteiger partial charge on any atom is 0.249 e. The SMILES string of the molecule is CCOc1cc(C=NNC(=O)CC(=O)Nc2ccccc2)cc(I)c1OC(C)C. The van der Waals surface area contributed by atoms with Crippen LogP contribution in [0.5, 0.6) is 11.5 Å². The van der Waals surface area contributed by atoms with E-state index in [2.05, 4.69) is 38.4 Å². The fourth-order valence-electron chi connectivity index (χ4n) is 2.37. The largest absolute Gasteiger partial charge is 0.490 e. The van der Waals surface area contributed by atoms with E-state index in [1.54, 1.807) is 30.3 Å². The number of benzene rings is 2. The monoisotopic (exact) mass is 509 g/mol. The number of hydrazone groups is 1. The number of nitrogens with one attached hydrogen (secondary N) is 2. The second-order valence-electron chi connectivity index (χ2n) is 6.31. The lowest BCUT2D eigenvalue weighted by molar-refractivity contribution is -0.126. The van der Waals surface area contributed by atoms with Crippen LogP contribution in [0.15, 0.2) is 47.6 Å². The number of para-hydroxylation sites is 1. The lowest BCUT2D eigenvalue weighted by Crippen LogP contribution is -2.24. The molecule has 0 radical (unpaired) electrons. The molecule has 0 fully saturated rings. The smallest absolute Gasteiger partial charge is 0.249 e. The Morgan fingerprint density at radius 3 is 2.55 bits per heavy atom. The van der Waals surface area contributed by atoms with Crippen molar-refractivity contribution in [1.82, 2.24) is 5.43 Å². The van der Waals surface area contributed by atoms with Gasteiger partial charge in [0.1, 0.15) is 6.42 Å². The molecule has 2 aromatic rings. The number of ether oxygens (including phenoxy) is 2. The third-order valence-electron chi connectivity index (χ3n) is 3.47. The van der Waals surface area contributed by atoms with Crippen molar-refractivity contribution >= 4 is 46.3 Å². The van der Waals surface area contributed by atoms with Gasteiger partial charge < -0.3 is 14.8 Å². The van der Waals surface area contributed by atoms with E-state index in [4.69, 9.17) is 9.47 Å². The molecule has 0 atom stereocenters. The van der Waals surface area contributed by atoms with E-state index in [1.807, 2.05) is 32.9 Å². The maximum absolute atomic E-state index is 11.9. The van der Waals surface area contributed by atoms with Gasteiger partial charge >= 0.3 is 0 Å². The van der Waals surface area contributed by atoms with Crippen molar-refractivity contribution < 1.29 is 19.1 Å². The molecule has 0 bridgehead atoms. The summed E-state index contributed by atoms with van der Waals surface area (Å²) in [6.07, 6.45) is 1.19. The number of nitrogens with zero attached hydrogens (tertiary/aromatic N) is 1. The summed E-state index contributed by atoms with van der Waals surface area (Å²) in [6.45, 7) is 6.29. The maximum atomic E-state index is 11.9. The zero-order valence-corrected chi connectivity index (χ0v) is 18.7. The Kier molecular flexibility index (Phi) is 8.91. The Morgan fingerprint density at radius 2 is 1.90 bits per heavy atom. The van der Waals surface area contributed by atoms with Crippen molar-refractivity contribution in [1.29, 1.82) is 0 Å². The summed E-state index contributed by atoms with van der Waals surface area (Å²) in [6, 6.07) is 12.6. The number of carbonyl (C=O) groups excluding carboxylic acids is 2. The Morgan fingerprint density at radius 1 is 1.17 bits per heavy atom. The average Bonchev–Trinajstić information content (AvgIpc) is 2.65. The van der Waals surface area contributed by atoms with Crippen molar-refractivity contribution in [3.05, 3.63) is 51.6 Å². The standard InChI is InChI=1S/C21H24IN3O4/c1-4-28-18-11-15(10-17(22)21(18)29-14(2)3)13-23-25-20(27)12-19(26)24-16-8-6-5-7-9-16/h5-11,13-14H,4,12H2,1-3H3,(H,24,26)(H,25,27). The quantitative estimate of drug-likeness (QED) is 0.232. The molecule has 0 aliphatic heterocycles. The van der Waals surface area contributed by atoms with Crippen LogP contribution in [-0.2, 0) is 9.59 Å². The molecule has 0 saturated carbocycles. The average molecular weight is 509 g/mol. The number of carbonyl (C=O) groups is 2. The molecule has 29 heavy (non-hydrogen) atoms. The van der Waals surface area contributed by atoms with Crippen molar-refractivity contribution in [3.63, 3.8) is 0 Å². The molecule has 154 valence electrons. The van der Waals surface area contributed by atoms with Crippen LogP contribution in [0.4, 0.5) is 5.69 Å². The molecule has 0 spiro atoms. The van der Waals surface area contributed by atoms with Gasteiger partial charge in [0, 0.05) is 5.69 Å². The zero-order valence-electron chi connectivity index (χ0n) is 16.6. The van der Waals surface area contributed by atoms with Gasteiger partial charge in [0.25, 0.3) is 0 Å². The van der Waals surface area contributed by atoms with Crippen LogP contribution >= 0.6 is 22.6 Å². The van der Waals surface area contributed by atoms with E-state index in [9.17, 15) is 9.59 Å². The van der Waals surface area contributed by atoms with E-state index >= 15 is 0 Å². The molecular formula is C21H24IN3O4. The van der Waals surface area contributed by atoms with Crippen LogP contribution in [0, 0.1) is 3.57 Å². The normalized spacial score (nSPS) is 10.8. The summed E-state index contributed by atoms with van der Waals surface area (Å²) < 4.78 is 12.4. The minimum atomic E-state index is -0.505. The third kappa shape index (κ3) is 7.72. The van der Waals surface area contributed by atoms with E-state index in [1.165, 1.54) is 6.21 Å². The van der Waals surface area contributed by atoms with Crippen molar-refractivity contribution in [2.75, 3.05) is 11.9 Å². The van der Waals surface area contributed by atoms with Gasteiger partial charge in [-0.25, -0.2) is 5.43 Å². The molecule has 2 N–H and O–H groups in total. The van der Waals surface area contributed by atoms with Gasteiger partial charge in [-0.1, -0.05) is 18.2 Å². The summed E-state index contributed by atoms with van der Waals surface area (Å²) in [5.41, 5.74) is 3.73. The van der Waals surface area contributed by atoms with Gasteiger partial charge in [-0.05, 0) is 73.2 Å². The summed E-state index contributed by atoms with van der Waals surface area (Å²) >= 11 is 2.17. The van der Waals surface area contributed by atoms with Gasteiger partial charge in [-0.15, -0.1) is 0 Å². The van der Waals surface area contributed by atoms with Gasteiger partial charge in [0.05, 0.1) is 22.5 Å². The van der Waals surface area contributed by atoms with Crippen LogP contribution in [0.25, 0.3) is 0 Å². The van der Waals surface area contributed by atoms with Gasteiger partial charge in [0.2, 0.25) is 11.8 Å². The third-order valence-corrected chi connectivity index (χ3v) is 4.27. The second kappa shape index (κ2) is 11.4. The summed E-state index contributed by atoms with van der Waals surface area (Å²) in [4.78, 5) is 23.8. The molecule has 7 nitrogen and oxygen atoms in total. The molecule has 0 aromatic heterocycles. The summed E-state index contributed by atoms with van der Waals surface area (Å²) in [5.74, 6) is 0.380. The first-order chi connectivity index (χ1) is 13.9. The highest BCUT2D eigenvalue weighted by molar-refractivity contribution is 14.1. The highest BCUT2D eigenvalue weighted by Crippen LogP contribution is 2.34.